The van der Waals surface area contributed by atoms with E-state index in [9.17, 15) is 28.1 Å². The molecule has 0 fully saturated rings. The van der Waals surface area contributed by atoms with Crippen molar-refractivity contribution in [3.05, 3.63) is 73.6 Å². The van der Waals surface area contributed by atoms with Gasteiger partial charge in [-0.1, -0.05) is 13.3 Å². The van der Waals surface area contributed by atoms with Gasteiger partial charge in [-0.25, -0.2) is 4.79 Å². The largest absolute Gasteiger partial charge is 0.456 e. The number of nitrogens with zero attached hydrogens (tertiary/aromatic N) is 1. The molecule has 3 aromatic rings. The molecular formula is C20H16F3NO5. The summed E-state index contributed by atoms with van der Waals surface area (Å²) in [5.41, 5.74) is -1.17. The minimum atomic E-state index is -4.85. The van der Waals surface area contributed by atoms with Crippen LogP contribution in [-0.4, -0.2) is 4.92 Å². The van der Waals surface area contributed by atoms with Gasteiger partial charge in [0.1, 0.15) is 22.6 Å². The Labute approximate surface area is 162 Å². The van der Waals surface area contributed by atoms with Crippen molar-refractivity contribution in [2.45, 2.75) is 32.9 Å². The molecule has 0 aliphatic carbocycles. The number of nitro groups is 1. The maximum absolute atomic E-state index is 13.4. The summed E-state index contributed by atoms with van der Waals surface area (Å²) in [6.07, 6.45) is -3.41. The summed E-state index contributed by atoms with van der Waals surface area (Å²) >= 11 is 0. The number of ether oxygens (including phenoxy) is 1. The maximum atomic E-state index is 13.4. The van der Waals surface area contributed by atoms with E-state index < -0.39 is 33.7 Å². The summed E-state index contributed by atoms with van der Waals surface area (Å²) in [4.78, 5) is 21.8. The van der Waals surface area contributed by atoms with E-state index in [2.05, 4.69) is 0 Å². The van der Waals surface area contributed by atoms with Gasteiger partial charge in [-0.3, -0.25) is 10.1 Å². The fourth-order valence-electron chi connectivity index (χ4n) is 3.06. The Kier molecular flexibility index (Phi) is 5.32. The highest BCUT2D eigenvalue weighted by Crippen LogP contribution is 2.41. The third kappa shape index (κ3) is 4.08. The fourth-order valence-corrected chi connectivity index (χ4v) is 3.06. The summed E-state index contributed by atoms with van der Waals surface area (Å²) in [6.45, 7) is 3.52. The molecule has 0 spiro atoms. The predicted molar refractivity (Wildman–Crippen MR) is 99.4 cm³/mol. The second-order valence-corrected chi connectivity index (χ2v) is 6.44. The van der Waals surface area contributed by atoms with Crippen LogP contribution < -0.4 is 10.4 Å². The lowest BCUT2D eigenvalue weighted by Gasteiger charge is -2.16. The van der Waals surface area contributed by atoms with Crippen LogP contribution in [0, 0.1) is 17.0 Å². The Hall–Kier alpha value is -3.36. The first kappa shape index (κ1) is 20.4. The van der Waals surface area contributed by atoms with E-state index >= 15 is 0 Å². The number of hydrogen-bond acceptors (Lipinski definition) is 5. The van der Waals surface area contributed by atoms with Gasteiger partial charge in [-0.2, -0.15) is 13.2 Å². The van der Waals surface area contributed by atoms with Gasteiger partial charge < -0.3 is 9.15 Å². The molecule has 0 atom stereocenters. The van der Waals surface area contributed by atoms with Gasteiger partial charge in [0.2, 0.25) is 0 Å². The molecule has 0 saturated carbocycles. The minimum Gasteiger partial charge on any atom is -0.456 e. The molecule has 2 aromatic carbocycles. The number of alkyl halides is 3. The van der Waals surface area contributed by atoms with Gasteiger partial charge in [0.15, 0.2) is 0 Å². The van der Waals surface area contributed by atoms with Gasteiger partial charge in [0.05, 0.1) is 4.92 Å². The number of nitro benzene ring substituents is 1. The Balaban J connectivity index is 2.13. The molecule has 0 aliphatic rings. The molecule has 0 amide bonds. The molecule has 1 aromatic heterocycles. The number of fused-ring (bicyclic) bond motifs is 1. The number of non-ortho nitro benzene ring substituents is 1. The molecule has 6 nitrogen and oxygen atoms in total. The van der Waals surface area contributed by atoms with Crippen molar-refractivity contribution in [1.82, 2.24) is 0 Å². The first-order valence-electron chi connectivity index (χ1n) is 8.71. The molecule has 152 valence electrons. The molecule has 9 heteroatoms. The second kappa shape index (κ2) is 7.57. The average Bonchev–Trinajstić information content (AvgIpc) is 2.64. The van der Waals surface area contributed by atoms with E-state index in [4.69, 9.17) is 9.15 Å². The van der Waals surface area contributed by atoms with Crippen LogP contribution in [0.4, 0.5) is 18.9 Å². The molecule has 0 N–H and O–H groups in total. The molecule has 0 radical (unpaired) electrons. The topological polar surface area (TPSA) is 82.6 Å². The zero-order valence-electron chi connectivity index (χ0n) is 15.5. The molecule has 0 bridgehead atoms. The van der Waals surface area contributed by atoms with E-state index in [0.717, 1.165) is 24.1 Å². The number of hydrogen-bond donors (Lipinski definition) is 0. The van der Waals surface area contributed by atoms with E-state index in [1.807, 2.05) is 6.92 Å². The Bertz CT molecular complexity index is 1150. The summed E-state index contributed by atoms with van der Waals surface area (Å²) in [7, 11) is 0. The SMILES string of the molecule is CCCc1cc(=O)oc2c(C)c(Oc3ccc([N+](=O)[O-])cc3C(F)(F)F)ccc12. The molecule has 3 rings (SSSR count). The maximum Gasteiger partial charge on any atom is 0.420 e. The zero-order valence-corrected chi connectivity index (χ0v) is 15.5. The predicted octanol–water partition coefficient (Wildman–Crippen LogP) is 5.77. The number of halogens is 3. The molecule has 0 unspecified atom stereocenters. The lowest BCUT2D eigenvalue weighted by atomic mass is 10.0. The van der Waals surface area contributed by atoms with Crippen LogP contribution in [-0.2, 0) is 12.6 Å². The third-order valence-electron chi connectivity index (χ3n) is 4.42. The lowest BCUT2D eigenvalue weighted by Crippen LogP contribution is -2.08. The van der Waals surface area contributed by atoms with Crippen LogP contribution in [0.3, 0.4) is 0 Å². The quantitative estimate of drug-likeness (QED) is 0.304. The molecule has 0 aliphatic heterocycles. The average molecular weight is 407 g/mol. The number of benzene rings is 2. The van der Waals surface area contributed by atoms with Crippen LogP contribution in [0.1, 0.15) is 30.0 Å². The van der Waals surface area contributed by atoms with Crippen molar-refractivity contribution in [2.24, 2.45) is 0 Å². The zero-order chi connectivity index (χ0) is 21.3. The van der Waals surface area contributed by atoms with Crippen molar-refractivity contribution >= 4 is 16.7 Å². The summed E-state index contributed by atoms with van der Waals surface area (Å²) in [6, 6.07) is 6.74. The van der Waals surface area contributed by atoms with E-state index in [1.165, 1.54) is 12.1 Å². The summed E-state index contributed by atoms with van der Waals surface area (Å²) in [5, 5.41) is 11.5. The van der Waals surface area contributed by atoms with Gasteiger partial charge in [0, 0.05) is 29.1 Å². The van der Waals surface area contributed by atoms with Crippen LogP contribution in [0.15, 0.2) is 45.6 Å². The standard InChI is InChI=1S/C20H16F3NO5/c1-3-4-12-9-18(25)29-19-11(2)16(8-6-14(12)19)28-17-7-5-13(24(26)27)10-15(17)20(21,22)23/h5-10H,3-4H2,1-2H3. The van der Waals surface area contributed by atoms with E-state index in [-0.39, 0.29) is 11.3 Å². The van der Waals surface area contributed by atoms with Gasteiger partial charge >= 0.3 is 11.8 Å². The summed E-state index contributed by atoms with van der Waals surface area (Å²) < 4.78 is 50.8. The Morgan fingerprint density at radius 3 is 2.45 bits per heavy atom. The first-order chi connectivity index (χ1) is 13.6. The van der Waals surface area contributed by atoms with E-state index in [0.29, 0.717) is 23.4 Å². The van der Waals surface area contributed by atoms with Gasteiger partial charge in [-0.15, -0.1) is 0 Å². The fraction of sp³-hybridized carbons (Fsp3) is 0.250. The third-order valence-corrected chi connectivity index (χ3v) is 4.42. The normalized spacial score (nSPS) is 11.6. The summed E-state index contributed by atoms with van der Waals surface area (Å²) in [5.74, 6) is -0.536. The smallest absolute Gasteiger partial charge is 0.420 e. The van der Waals surface area contributed by atoms with Crippen molar-refractivity contribution < 1.29 is 27.2 Å². The highest BCUT2D eigenvalue weighted by atomic mass is 19.4. The minimum absolute atomic E-state index is 0.0497. The van der Waals surface area contributed by atoms with Gasteiger partial charge in [-0.05, 0) is 37.1 Å². The van der Waals surface area contributed by atoms with Crippen LogP contribution in [0.25, 0.3) is 11.0 Å². The number of aryl methyl sites for hydroxylation is 2. The van der Waals surface area contributed by atoms with Crippen molar-refractivity contribution in [2.75, 3.05) is 0 Å². The van der Waals surface area contributed by atoms with Crippen LogP contribution in [0.5, 0.6) is 11.5 Å². The van der Waals surface area contributed by atoms with Crippen molar-refractivity contribution in [3.8, 4) is 11.5 Å². The highest BCUT2D eigenvalue weighted by Gasteiger charge is 2.36. The highest BCUT2D eigenvalue weighted by molar-refractivity contribution is 5.85. The number of rotatable bonds is 5. The van der Waals surface area contributed by atoms with Crippen molar-refractivity contribution in [3.63, 3.8) is 0 Å². The van der Waals surface area contributed by atoms with Crippen LogP contribution in [0.2, 0.25) is 0 Å². The monoisotopic (exact) mass is 407 g/mol. The van der Waals surface area contributed by atoms with Gasteiger partial charge in [0.25, 0.3) is 5.69 Å². The second-order valence-electron chi connectivity index (χ2n) is 6.44. The lowest BCUT2D eigenvalue weighted by molar-refractivity contribution is -0.385. The molecule has 0 saturated heterocycles. The Morgan fingerprint density at radius 1 is 1.14 bits per heavy atom. The molecular weight excluding hydrogens is 391 g/mol. The molecule has 29 heavy (non-hydrogen) atoms. The van der Waals surface area contributed by atoms with Crippen molar-refractivity contribution in [1.29, 1.82) is 0 Å². The first-order valence-corrected chi connectivity index (χ1v) is 8.71. The van der Waals surface area contributed by atoms with Crippen LogP contribution >= 0.6 is 0 Å². The molecule has 1 heterocycles. The van der Waals surface area contributed by atoms with E-state index in [1.54, 1.807) is 13.0 Å². The Morgan fingerprint density at radius 2 is 1.83 bits per heavy atom.